The number of nitrogens with zero attached hydrogens (tertiary/aromatic N) is 2. The van der Waals surface area contributed by atoms with E-state index < -0.39 is 0 Å². The lowest BCUT2D eigenvalue weighted by Crippen LogP contribution is -2.21. The first kappa shape index (κ1) is 16.3. The highest BCUT2D eigenvalue weighted by Crippen LogP contribution is 2.31. The first-order chi connectivity index (χ1) is 10.0. The summed E-state index contributed by atoms with van der Waals surface area (Å²) in [6, 6.07) is 6.24. The van der Waals surface area contributed by atoms with Crippen molar-refractivity contribution in [2.24, 2.45) is 5.73 Å². The maximum atomic E-state index is 11.6. The van der Waals surface area contributed by atoms with Crippen molar-refractivity contribution in [1.29, 1.82) is 0 Å². The largest absolute Gasteiger partial charge is 0.343 e. The fraction of sp³-hybridized carbons (Fsp3) is 0.429. The van der Waals surface area contributed by atoms with Gasteiger partial charge in [0.1, 0.15) is 0 Å². The van der Waals surface area contributed by atoms with Gasteiger partial charge in [-0.2, -0.15) is 0 Å². The number of aromatic amines is 1. The molecule has 0 aliphatic rings. The Kier molecular flexibility index (Phi) is 5.66. The van der Waals surface area contributed by atoms with Gasteiger partial charge in [0.05, 0.1) is 0 Å². The summed E-state index contributed by atoms with van der Waals surface area (Å²) in [5.41, 5.74) is 7.07. The van der Waals surface area contributed by atoms with Crippen molar-refractivity contribution >= 4 is 27.7 Å². The smallest absolute Gasteiger partial charge is 0.327 e. The molecule has 0 saturated carbocycles. The van der Waals surface area contributed by atoms with Crippen LogP contribution in [0.1, 0.15) is 25.8 Å². The monoisotopic (exact) mass is 370 g/mol. The van der Waals surface area contributed by atoms with Crippen LogP contribution in [0, 0.1) is 0 Å². The zero-order valence-corrected chi connectivity index (χ0v) is 14.5. The fourth-order valence-electron chi connectivity index (χ4n) is 1.99. The number of H-pyrrole nitrogens is 1. The van der Waals surface area contributed by atoms with E-state index in [0.29, 0.717) is 11.7 Å². The highest BCUT2D eigenvalue weighted by atomic mass is 79.9. The number of benzene rings is 1. The highest BCUT2D eigenvalue weighted by molar-refractivity contribution is 9.10. The number of aromatic nitrogens is 3. The third-order valence-corrected chi connectivity index (χ3v) is 4.88. The maximum Gasteiger partial charge on any atom is 0.343 e. The molecule has 0 bridgehead atoms. The first-order valence-corrected chi connectivity index (χ1v) is 8.53. The highest BCUT2D eigenvalue weighted by Gasteiger charge is 2.13. The Labute approximate surface area is 136 Å². The number of rotatable bonds is 6. The third-order valence-electron chi connectivity index (χ3n) is 3.27. The van der Waals surface area contributed by atoms with Gasteiger partial charge in [0, 0.05) is 22.0 Å². The summed E-state index contributed by atoms with van der Waals surface area (Å²) in [7, 11) is 0. The number of halogens is 1. The lowest BCUT2D eigenvalue weighted by molar-refractivity contribution is 0.639. The molecular formula is C14H19BrN4OS. The molecule has 2 aromatic rings. The van der Waals surface area contributed by atoms with Crippen LogP contribution < -0.4 is 11.4 Å². The van der Waals surface area contributed by atoms with Crippen molar-refractivity contribution in [2.45, 2.75) is 49.3 Å². The average Bonchev–Trinajstić information content (AvgIpc) is 2.81. The van der Waals surface area contributed by atoms with Crippen LogP contribution in [0.4, 0.5) is 0 Å². The van der Waals surface area contributed by atoms with E-state index in [2.05, 4.69) is 39.1 Å². The van der Waals surface area contributed by atoms with Crippen molar-refractivity contribution in [3.63, 3.8) is 0 Å². The van der Waals surface area contributed by atoms with Crippen molar-refractivity contribution in [3.05, 3.63) is 38.7 Å². The van der Waals surface area contributed by atoms with Crippen LogP contribution in [0.15, 0.2) is 37.5 Å². The van der Waals surface area contributed by atoms with E-state index >= 15 is 0 Å². The maximum absolute atomic E-state index is 11.6. The van der Waals surface area contributed by atoms with Gasteiger partial charge in [0.15, 0.2) is 5.16 Å². The summed E-state index contributed by atoms with van der Waals surface area (Å²) < 4.78 is 2.65. The zero-order chi connectivity index (χ0) is 15.4. The Hall–Kier alpha value is -1.05. The molecular weight excluding hydrogens is 352 g/mol. The molecule has 0 radical (unpaired) electrons. The average molecular weight is 371 g/mol. The topological polar surface area (TPSA) is 76.7 Å². The van der Waals surface area contributed by atoms with Gasteiger partial charge in [-0.05, 0) is 55.3 Å². The molecule has 0 fully saturated rings. The lowest BCUT2D eigenvalue weighted by Gasteiger charge is -2.13. The van der Waals surface area contributed by atoms with Crippen molar-refractivity contribution in [3.8, 4) is 0 Å². The SMILES string of the molecule is CCC(N)Cc1cc(Br)ccc1Sc1n[nH]c(=O)n1CC. The standard InChI is InChI=1S/C14H19BrN4OS/c1-3-11(16)8-9-7-10(15)5-6-12(9)21-14-18-17-13(20)19(14)4-2/h5-7,11H,3-4,8,16H2,1-2H3,(H,17,20). The summed E-state index contributed by atoms with van der Waals surface area (Å²) in [4.78, 5) is 12.7. The number of hydrogen-bond acceptors (Lipinski definition) is 4. The summed E-state index contributed by atoms with van der Waals surface area (Å²) in [6.45, 7) is 4.60. The van der Waals surface area contributed by atoms with Gasteiger partial charge in [-0.15, -0.1) is 5.10 Å². The molecule has 2 rings (SSSR count). The molecule has 0 saturated heterocycles. The van der Waals surface area contributed by atoms with E-state index in [1.165, 1.54) is 17.3 Å². The Balaban J connectivity index is 2.32. The predicted molar refractivity (Wildman–Crippen MR) is 88.8 cm³/mol. The van der Waals surface area contributed by atoms with Crippen LogP contribution in [0.2, 0.25) is 0 Å². The van der Waals surface area contributed by atoms with Gasteiger partial charge in [0.25, 0.3) is 0 Å². The summed E-state index contributed by atoms with van der Waals surface area (Å²) >= 11 is 4.99. The minimum atomic E-state index is -0.177. The molecule has 114 valence electrons. The number of nitrogens with two attached hydrogens (primary N) is 1. The molecule has 0 aliphatic heterocycles. The second-order valence-corrected chi connectivity index (χ2v) is 6.71. The number of hydrogen-bond donors (Lipinski definition) is 2. The van der Waals surface area contributed by atoms with Crippen LogP contribution in [-0.2, 0) is 13.0 Å². The summed E-state index contributed by atoms with van der Waals surface area (Å²) in [5.74, 6) is 0. The molecule has 3 N–H and O–H groups in total. The second kappa shape index (κ2) is 7.29. The van der Waals surface area contributed by atoms with E-state index in [9.17, 15) is 4.79 Å². The van der Waals surface area contributed by atoms with Crippen LogP contribution >= 0.6 is 27.7 Å². The Morgan fingerprint density at radius 1 is 1.48 bits per heavy atom. The van der Waals surface area contributed by atoms with Crippen molar-refractivity contribution in [2.75, 3.05) is 0 Å². The molecule has 1 aromatic carbocycles. The first-order valence-electron chi connectivity index (χ1n) is 6.92. The van der Waals surface area contributed by atoms with Gasteiger partial charge in [-0.25, -0.2) is 9.89 Å². The Morgan fingerprint density at radius 3 is 2.90 bits per heavy atom. The van der Waals surface area contributed by atoms with Crippen LogP contribution in [0.5, 0.6) is 0 Å². The number of nitrogens with one attached hydrogen (secondary N) is 1. The summed E-state index contributed by atoms with van der Waals surface area (Å²) in [5, 5.41) is 7.26. The molecule has 1 aromatic heterocycles. The van der Waals surface area contributed by atoms with Gasteiger partial charge in [-0.1, -0.05) is 22.9 Å². The molecule has 0 spiro atoms. The Morgan fingerprint density at radius 2 is 2.24 bits per heavy atom. The zero-order valence-electron chi connectivity index (χ0n) is 12.1. The minimum absolute atomic E-state index is 0.131. The van der Waals surface area contributed by atoms with Crippen molar-refractivity contribution in [1.82, 2.24) is 14.8 Å². The van der Waals surface area contributed by atoms with Crippen LogP contribution in [0.25, 0.3) is 0 Å². The second-order valence-electron chi connectivity index (χ2n) is 4.78. The van der Waals surface area contributed by atoms with Crippen LogP contribution in [-0.4, -0.2) is 20.8 Å². The van der Waals surface area contributed by atoms with E-state index in [4.69, 9.17) is 5.73 Å². The van der Waals surface area contributed by atoms with E-state index in [1.807, 2.05) is 19.1 Å². The lowest BCUT2D eigenvalue weighted by atomic mass is 10.1. The molecule has 7 heteroatoms. The molecule has 0 amide bonds. The van der Waals surface area contributed by atoms with Crippen LogP contribution in [0.3, 0.4) is 0 Å². The van der Waals surface area contributed by atoms with E-state index in [0.717, 1.165) is 22.2 Å². The van der Waals surface area contributed by atoms with Crippen molar-refractivity contribution < 1.29 is 0 Å². The summed E-state index contributed by atoms with van der Waals surface area (Å²) in [6.07, 6.45) is 1.73. The predicted octanol–water partition coefficient (Wildman–Crippen LogP) is 2.78. The normalized spacial score (nSPS) is 12.6. The quantitative estimate of drug-likeness (QED) is 0.819. The van der Waals surface area contributed by atoms with Gasteiger partial charge in [-0.3, -0.25) is 4.57 Å². The Bertz CT molecular complexity index is 667. The fourth-order valence-corrected chi connectivity index (χ4v) is 3.42. The van der Waals surface area contributed by atoms with Gasteiger partial charge >= 0.3 is 5.69 Å². The molecule has 1 heterocycles. The molecule has 1 atom stereocenters. The molecule has 5 nitrogen and oxygen atoms in total. The third kappa shape index (κ3) is 3.99. The minimum Gasteiger partial charge on any atom is -0.327 e. The van der Waals surface area contributed by atoms with E-state index in [1.54, 1.807) is 4.57 Å². The molecule has 0 aliphatic carbocycles. The molecule has 21 heavy (non-hydrogen) atoms. The van der Waals surface area contributed by atoms with E-state index in [-0.39, 0.29) is 11.7 Å². The van der Waals surface area contributed by atoms with Gasteiger partial charge in [0.2, 0.25) is 0 Å². The molecule has 1 unspecified atom stereocenters. The van der Waals surface area contributed by atoms with Gasteiger partial charge < -0.3 is 5.73 Å².